The van der Waals surface area contributed by atoms with Crippen LogP contribution in [-0.4, -0.2) is 12.5 Å². The number of halogens is 1. The van der Waals surface area contributed by atoms with Gasteiger partial charge in [0.25, 0.3) is 5.91 Å². The van der Waals surface area contributed by atoms with Gasteiger partial charge in [-0.15, -0.1) is 12.4 Å². The Kier molecular flexibility index (Phi) is 6.86. The number of benzene rings is 1. The molecule has 0 atom stereocenters. The van der Waals surface area contributed by atoms with Crippen LogP contribution >= 0.6 is 12.4 Å². The number of nitrogen functional groups attached to an aromatic ring is 1. The number of amides is 1. The topological polar surface area (TPSA) is 55.1 Å². The minimum Gasteiger partial charge on any atom is -0.399 e. The summed E-state index contributed by atoms with van der Waals surface area (Å²) in [6.07, 6.45) is 6.43. The van der Waals surface area contributed by atoms with Crippen molar-refractivity contribution in [3.8, 4) is 0 Å². The molecular weight excluding hydrogens is 272 g/mol. The van der Waals surface area contributed by atoms with Crippen LogP contribution in [0.15, 0.2) is 24.3 Å². The Morgan fingerprint density at radius 2 is 1.70 bits per heavy atom. The molecule has 0 heterocycles. The van der Waals surface area contributed by atoms with Crippen molar-refractivity contribution in [1.29, 1.82) is 0 Å². The summed E-state index contributed by atoms with van der Waals surface area (Å²) in [6, 6.07) is 7.08. The lowest BCUT2D eigenvalue weighted by atomic mass is 9.81. The first-order valence-corrected chi connectivity index (χ1v) is 7.32. The molecule has 0 aliphatic heterocycles. The number of carbonyl (C=O) groups is 1. The van der Waals surface area contributed by atoms with Gasteiger partial charge in [-0.2, -0.15) is 0 Å². The summed E-state index contributed by atoms with van der Waals surface area (Å²) < 4.78 is 0. The van der Waals surface area contributed by atoms with Crippen molar-refractivity contribution in [2.75, 3.05) is 12.3 Å². The summed E-state index contributed by atoms with van der Waals surface area (Å²) in [4.78, 5) is 12.0. The van der Waals surface area contributed by atoms with Crippen molar-refractivity contribution in [3.63, 3.8) is 0 Å². The van der Waals surface area contributed by atoms with Crippen LogP contribution in [0.4, 0.5) is 5.69 Å². The van der Waals surface area contributed by atoms with Crippen LogP contribution in [0.25, 0.3) is 0 Å². The molecule has 0 spiro atoms. The fourth-order valence-corrected chi connectivity index (χ4v) is 2.82. The Balaban J connectivity index is 0.00000200. The third-order valence-corrected chi connectivity index (χ3v) is 4.27. The first-order valence-electron chi connectivity index (χ1n) is 7.32. The van der Waals surface area contributed by atoms with E-state index in [0.29, 0.717) is 17.2 Å². The van der Waals surface area contributed by atoms with Gasteiger partial charge in [0.05, 0.1) is 0 Å². The van der Waals surface area contributed by atoms with E-state index >= 15 is 0 Å². The summed E-state index contributed by atoms with van der Waals surface area (Å²) in [5.74, 6) is 1.57. The van der Waals surface area contributed by atoms with Gasteiger partial charge in [-0.3, -0.25) is 4.79 Å². The Bertz CT molecular complexity index is 411. The molecule has 112 valence electrons. The molecule has 20 heavy (non-hydrogen) atoms. The summed E-state index contributed by atoms with van der Waals surface area (Å²) in [5.41, 5.74) is 6.99. The maximum Gasteiger partial charge on any atom is 0.251 e. The molecule has 1 amide bonds. The molecular formula is C16H25ClN2O. The lowest BCUT2D eigenvalue weighted by Gasteiger charge is -2.27. The summed E-state index contributed by atoms with van der Waals surface area (Å²) in [6.45, 7) is 3.08. The average Bonchev–Trinajstić information content (AvgIpc) is 2.46. The zero-order valence-electron chi connectivity index (χ0n) is 12.1. The molecule has 1 saturated carbocycles. The Hall–Kier alpha value is -1.22. The van der Waals surface area contributed by atoms with Gasteiger partial charge in [0.1, 0.15) is 0 Å². The van der Waals surface area contributed by atoms with Crippen molar-refractivity contribution in [2.45, 2.75) is 39.0 Å². The summed E-state index contributed by atoms with van der Waals surface area (Å²) >= 11 is 0. The van der Waals surface area contributed by atoms with Gasteiger partial charge in [-0.05, 0) is 48.9 Å². The van der Waals surface area contributed by atoms with Gasteiger partial charge in [0.2, 0.25) is 0 Å². The van der Waals surface area contributed by atoms with Crippen molar-refractivity contribution >= 4 is 24.0 Å². The number of carbonyl (C=O) groups excluding carboxylic acids is 1. The molecule has 3 nitrogen and oxygen atoms in total. The van der Waals surface area contributed by atoms with E-state index in [1.54, 1.807) is 24.3 Å². The first kappa shape index (κ1) is 16.8. The predicted octanol–water partition coefficient (Wildman–Crippen LogP) is 3.64. The van der Waals surface area contributed by atoms with E-state index in [4.69, 9.17) is 5.73 Å². The van der Waals surface area contributed by atoms with Crippen LogP contribution in [0.5, 0.6) is 0 Å². The highest BCUT2D eigenvalue weighted by atomic mass is 35.5. The molecule has 1 fully saturated rings. The minimum atomic E-state index is 0. The Labute approximate surface area is 127 Å². The molecule has 1 aliphatic rings. The molecule has 0 saturated heterocycles. The maximum atomic E-state index is 12.0. The molecule has 3 N–H and O–H groups in total. The van der Waals surface area contributed by atoms with Crippen LogP contribution in [0, 0.1) is 11.8 Å². The SMILES string of the molecule is CCC1CCC(CNC(=O)c2ccc(N)cc2)CC1.Cl. The van der Waals surface area contributed by atoms with Gasteiger partial charge in [0.15, 0.2) is 0 Å². The van der Waals surface area contributed by atoms with Crippen molar-refractivity contribution in [3.05, 3.63) is 29.8 Å². The molecule has 0 unspecified atom stereocenters. The van der Waals surface area contributed by atoms with Crippen LogP contribution in [0.3, 0.4) is 0 Å². The van der Waals surface area contributed by atoms with Gasteiger partial charge < -0.3 is 11.1 Å². The molecule has 0 radical (unpaired) electrons. The van der Waals surface area contributed by atoms with Crippen LogP contribution in [0.2, 0.25) is 0 Å². The van der Waals surface area contributed by atoms with E-state index in [0.717, 1.165) is 12.5 Å². The Morgan fingerprint density at radius 1 is 1.15 bits per heavy atom. The molecule has 1 aliphatic carbocycles. The number of rotatable bonds is 4. The van der Waals surface area contributed by atoms with Gasteiger partial charge in [-0.25, -0.2) is 0 Å². The molecule has 2 rings (SSSR count). The fourth-order valence-electron chi connectivity index (χ4n) is 2.82. The largest absolute Gasteiger partial charge is 0.399 e. The molecule has 4 heteroatoms. The van der Waals surface area contributed by atoms with Gasteiger partial charge >= 0.3 is 0 Å². The number of anilines is 1. The summed E-state index contributed by atoms with van der Waals surface area (Å²) in [7, 11) is 0. The lowest BCUT2D eigenvalue weighted by molar-refractivity contribution is 0.0941. The van der Waals surface area contributed by atoms with Gasteiger partial charge in [-0.1, -0.05) is 26.2 Å². The van der Waals surface area contributed by atoms with Crippen LogP contribution in [-0.2, 0) is 0 Å². The average molecular weight is 297 g/mol. The Morgan fingerprint density at radius 3 is 2.25 bits per heavy atom. The van der Waals surface area contributed by atoms with Gasteiger partial charge in [0, 0.05) is 17.8 Å². The highest BCUT2D eigenvalue weighted by Gasteiger charge is 2.20. The second-order valence-electron chi connectivity index (χ2n) is 5.63. The predicted molar refractivity (Wildman–Crippen MR) is 86.2 cm³/mol. The lowest BCUT2D eigenvalue weighted by Crippen LogP contribution is -2.31. The van der Waals surface area contributed by atoms with E-state index < -0.39 is 0 Å². The molecule has 1 aromatic rings. The highest BCUT2D eigenvalue weighted by Crippen LogP contribution is 2.30. The first-order chi connectivity index (χ1) is 9.19. The van der Waals surface area contributed by atoms with Crippen molar-refractivity contribution in [1.82, 2.24) is 5.32 Å². The van der Waals surface area contributed by atoms with Crippen LogP contribution < -0.4 is 11.1 Å². The third-order valence-electron chi connectivity index (χ3n) is 4.27. The normalized spacial score (nSPS) is 21.9. The molecule has 1 aromatic carbocycles. The third kappa shape index (κ3) is 4.71. The number of hydrogen-bond donors (Lipinski definition) is 2. The second-order valence-corrected chi connectivity index (χ2v) is 5.63. The number of nitrogens with two attached hydrogens (primary N) is 1. The van der Waals surface area contributed by atoms with Crippen molar-refractivity contribution < 1.29 is 4.79 Å². The van der Waals surface area contributed by atoms with E-state index in [-0.39, 0.29) is 18.3 Å². The monoisotopic (exact) mass is 296 g/mol. The maximum absolute atomic E-state index is 12.0. The summed E-state index contributed by atoms with van der Waals surface area (Å²) in [5, 5.41) is 3.04. The standard InChI is InChI=1S/C16H24N2O.ClH/c1-2-12-3-5-13(6-4-12)11-18-16(19)14-7-9-15(17)10-8-14;/h7-10,12-13H,2-6,11,17H2,1H3,(H,18,19);1H. The highest BCUT2D eigenvalue weighted by molar-refractivity contribution is 5.94. The number of nitrogens with one attached hydrogen (secondary N) is 1. The quantitative estimate of drug-likeness (QED) is 0.834. The van der Waals surface area contributed by atoms with E-state index in [9.17, 15) is 4.79 Å². The van der Waals surface area contributed by atoms with E-state index in [2.05, 4.69) is 12.2 Å². The smallest absolute Gasteiger partial charge is 0.251 e. The zero-order valence-corrected chi connectivity index (χ0v) is 12.9. The fraction of sp³-hybridized carbons (Fsp3) is 0.562. The van der Waals surface area contributed by atoms with E-state index in [1.807, 2.05) is 0 Å². The second kappa shape index (κ2) is 8.15. The number of hydrogen-bond acceptors (Lipinski definition) is 2. The van der Waals surface area contributed by atoms with Crippen LogP contribution in [0.1, 0.15) is 49.4 Å². The minimum absolute atomic E-state index is 0. The molecule has 0 aromatic heterocycles. The van der Waals surface area contributed by atoms with E-state index in [1.165, 1.54) is 32.1 Å². The zero-order chi connectivity index (χ0) is 13.7. The molecule has 0 bridgehead atoms. The van der Waals surface area contributed by atoms with Crippen molar-refractivity contribution in [2.24, 2.45) is 11.8 Å².